The maximum Gasteiger partial charge on any atom is 0.197 e. The molecular weight excluding hydrogens is 556 g/mol. The van der Waals surface area contributed by atoms with E-state index in [1.807, 2.05) is 38.1 Å². The predicted octanol–water partition coefficient (Wildman–Crippen LogP) is 4.85. The van der Waals surface area contributed by atoms with E-state index in [1.54, 1.807) is 14.2 Å². The average molecular weight is 609 g/mol. The Kier molecular flexibility index (Phi) is 19.1. The molecule has 0 aliphatic rings. The third kappa shape index (κ3) is 15.8. The first-order valence-corrected chi connectivity index (χ1v) is 14.9. The van der Waals surface area contributed by atoms with Gasteiger partial charge in [0, 0.05) is 19.6 Å². The van der Waals surface area contributed by atoms with Gasteiger partial charge in [-0.15, -0.1) is 0 Å². The molecule has 0 heterocycles. The van der Waals surface area contributed by atoms with Crippen molar-refractivity contribution >= 4 is 0 Å². The van der Waals surface area contributed by atoms with E-state index < -0.39 is 12.6 Å². The summed E-state index contributed by atoms with van der Waals surface area (Å²) in [7, 11) is 3.30. The van der Waals surface area contributed by atoms with Crippen LogP contribution >= 0.6 is 0 Å². The highest BCUT2D eigenvalue weighted by Crippen LogP contribution is 2.33. The van der Waals surface area contributed by atoms with E-state index in [1.165, 1.54) is 11.1 Å². The van der Waals surface area contributed by atoms with Crippen molar-refractivity contribution in [1.82, 2.24) is 0 Å². The van der Waals surface area contributed by atoms with Gasteiger partial charge in [-0.1, -0.05) is 38.1 Å². The molecule has 43 heavy (non-hydrogen) atoms. The van der Waals surface area contributed by atoms with Gasteiger partial charge >= 0.3 is 0 Å². The fourth-order valence-electron chi connectivity index (χ4n) is 3.99. The van der Waals surface area contributed by atoms with Crippen LogP contribution < -0.4 is 9.47 Å². The normalized spacial score (nSPS) is 13.2. The van der Waals surface area contributed by atoms with Crippen molar-refractivity contribution in [3.63, 3.8) is 0 Å². The minimum Gasteiger partial charge on any atom is -0.465 e. The topological polar surface area (TPSA) is 92.3 Å². The maximum absolute atomic E-state index is 5.92. The van der Waals surface area contributed by atoms with Gasteiger partial charge < -0.3 is 47.4 Å². The van der Waals surface area contributed by atoms with E-state index >= 15 is 0 Å². The highest BCUT2D eigenvalue weighted by molar-refractivity contribution is 5.41. The lowest BCUT2D eigenvalue weighted by molar-refractivity contribution is -0.0866. The predicted molar refractivity (Wildman–Crippen MR) is 164 cm³/mol. The van der Waals surface area contributed by atoms with Crippen molar-refractivity contribution < 1.29 is 47.4 Å². The molecule has 2 atom stereocenters. The molecule has 0 aliphatic heterocycles. The van der Waals surface area contributed by atoms with Gasteiger partial charge in [0.1, 0.15) is 11.5 Å². The summed E-state index contributed by atoms with van der Waals surface area (Å²) in [6.45, 7) is 14.4. The Labute approximate surface area is 257 Å². The molecule has 10 nitrogen and oxygen atoms in total. The molecule has 0 aliphatic carbocycles. The molecular formula is C33H52O10. The van der Waals surface area contributed by atoms with Gasteiger partial charge in [0.25, 0.3) is 0 Å². The molecule has 0 spiro atoms. The number of methoxy groups -OCH3 is 2. The molecule has 0 aromatic heterocycles. The third-order valence-corrected chi connectivity index (χ3v) is 6.52. The molecule has 0 bridgehead atoms. The molecule has 0 fully saturated rings. The SMILES string of the molecule is COCCOCCOCCOC(C)Oc1ccc(C(C)(C)c2ccc(OC(C)OCCOCCOCCOC)cc2)cc1. The summed E-state index contributed by atoms with van der Waals surface area (Å²) in [5, 5.41) is 0. The Morgan fingerprint density at radius 2 is 0.767 bits per heavy atom. The fourth-order valence-corrected chi connectivity index (χ4v) is 3.99. The Morgan fingerprint density at radius 1 is 0.465 bits per heavy atom. The summed E-state index contributed by atoms with van der Waals surface area (Å²) in [6, 6.07) is 16.2. The number of benzene rings is 2. The van der Waals surface area contributed by atoms with E-state index in [-0.39, 0.29) is 5.41 Å². The minimum absolute atomic E-state index is 0.212. The summed E-state index contributed by atoms with van der Waals surface area (Å²) in [4.78, 5) is 0. The van der Waals surface area contributed by atoms with Gasteiger partial charge in [-0.3, -0.25) is 0 Å². The van der Waals surface area contributed by atoms with Gasteiger partial charge in [0.2, 0.25) is 0 Å². The number of hydrogen-bond acceptors (Lipinski definition) is 10. The lowest BCUT2D eigenvalue weighted by atomic mass is 9.78. The summed E-state index contributed by atoms with van der Waals surface area (Å²) >= 11 is 0. The number of ether oxygens (including phenoxy) is 10. The van der Waals surface area contributed by atoms with E-state index in [9.17, 15) is 0 Å². The van der Waals surface area contributed by atoms with E-state index in [4.69, 9.17) is 47.4 Å². The second-order valence-electron chi connectivity index (χ2n) is 10.2. The van der Waals surface area contributed by atoms with E-state index in [0.717, 1.165) is 11.5 Å². The van der Waals surface area contributed by atoms with Crippen LogP contribution in [-0.4, -0.2) is 106 Å². The van der Waals surface area contributed by atoms with Crippen LogP contribution in [0, 0.1) is 0 Å². The standard InChI is InChI=1S/C33H52O10/c1-27(40-25-23-38-21-19-36-17-15-34-5)42-31-11-7-29(8-12-31)33(3,4)30-9-13-32(14-10-30)43-28(2)41-26-24-39-22-20-37-18-16-35-6/h7-14,27-28H,15-26H2,1-6H3. The van der Waals surface area contributed by atoms with Crippen LogP contribution in [0.4, 0.5) is 0 Å². The largest absolute Gasteiger partial charge is 0.465 e. The summed E-state index contributed by atoms with van der Waals surface area (Å²) in [5.74, 6) is 1.50. The molecule has 0 amide bonds. The maximum atomic E-state index is 5.92. The zero-order chi connectivity index (χ0) is 31.2. The first-order chi connectivity index (χ1) is 20.9. The minimum atomic E-state index is -0.391. The van der Waals surface area contributed by atoms with Gasteiger partial charge in [-0.25, -0.2) is 0 Å². The lowest BCUT2D eigenvalue weighted by Gasteiger charge is -2.27. The van der Waals surface area contributed by atoms with Crippen molar-refractivity contribution in [2.45, 2.75) is 45.7 Å². The summed E-state index contributed by atoms with van der Waals surface area (Å²) in [6.07, 6.45) is -0.782. The van der Waals surface area contributed by atoms with Crippen molar-refractivity contribution in [1.29, 1.82) is 0 Å². The molecule has 0 saturated heterocycles. The fraction of sp³-hybridized carbons (Fsp3) is 0.636. The van der Waals surface area contributed by atoms with Gasteiger partial charge in [-0.2, -0.15) is 0 Å². The molecule has 244 valence electrons. The second-order valence-corrected chi connectivity index (χ2v) is 10.2. The van der Waals surface area contributed by atoms with Gasteiger partial charge in [-0.05, 0) is 49.2 Å². The summed E-state index contributed by atoms with van der Waals surface area (Å²) < 4.78 is 54.8. The highest BCUT2D eigenvalue weighted by atomic mass is 16.7. The lowest BCUT2D eigenvalue weighted by Crippen LogP contribution is -2.21. The highest BCUT2D eigenvalue weighted by Gasteiger charge is 2.23. The van der Waals surface area contributed by atoms with Crippen LogP contribution in [0.15, 0.2) is 48.5 Å². The zero-order valence-electron chi connectivity index (χ0n) is 26.8. The Hall–Kier alpha value is -2.28. The molecule has 2 aromatic carbocycles. The van der Waals surface area contributed by atoms with Crippen molar-refractivity contribution in [2.75, 3.05) is 93.5 Å². The van der Waals surface area contributed by atoms with Gasteiger partial charge in [0.05, 0.1) is 79.3 Å². The smallest absolute Gasteiger partial charge is 0.197 e. The number of hydrogen-bond donors (Lipinski definition) is 0. The van der Waals surface area contributed by atoms with Gasteiger partial charge in [0.15, 0.2) is 12.6 Å². The molecule has 2 rings (SSSR count). The van der Waals surface area contributed by atoms with Crippen LogP contribution in [0.2, 0.25) is 0 Å². The monoisotopic (exact) mass is 608 g/mol. The first kappa shape index (κ1) is 36.9. The summed E-state index contributed by atoms with van der Waals surface area (Å²) in [5.41, 5.74) is 2.13. The quantitative estimate of drug-likeness (QED) is 0.109. The number of rotatable bonds is 26. The third-order valence-electron chi connectivity index (χ3n) is 6.52. The molecule has 2 aromatic rings. The van der Waals surface area contributed by atoms with Crippen molar-refractivity contribution in [2.24, 2.45) is 0 Å². The molecule has 0 N–H and O–H groups in total. The van der Waals surface area contributed by atoms with Crippen LogP contribution in [0.5, 0.6) is 11.5 Å². The van der Waals surface area contributed by atoms with Crippen LogP contribution in [-0.2, 0) is 43.3 Å². The van der Waals surface area contributed by atoms with E-state index in [0.29, 0.717) is 79.3 Å². The van der Waals surface area contributed by atoms with E-state index in [2.05, 4.69) is 38.1 Å². The Balaban J connectivity index is 1.68. The second kappa shape index (κ2) is 22.3. The Morgan fingerprint density at radius 3 is 1.09 bits per heavy atom. The van der Waals surface area contributed by atoms with Crippen molar-refractivity contribution in [3.8, 4) is 11.5 Å². The molecule has 10 heteroatoms. The average Bonchev–Trinajstić information content (AvgIpc) is 3.00. The van der Waals surface area contributed by atoms with Crippen LogP contribution in [0.25, 0.3) is 0 Å². The van der Waals surface area contributed by atoms with Crippen molar-refractivity contribution in [3.05, 3.63) is 59.7 Å². The molecule has 0 saturated carbocycles. The van der Waals surface area contributed by atoms with Crippen LogP contribution in [0.1, 0.15) is 38.8 Å². The molecule has 2 unspecified atom stereocenters. The van der Waals surface area contributed by atoms with Crippen LogP contribution in [0.3, 0.4) is 0 Å². The zero-order valence-corrected chi connectivity index (χ0v) is 26.8. The molecule has 0 radical (unpaired) electrons. The Bertz CT molecular complexity index is 860. The first-order valence-electron chi connectivity index (χ1n) is 14.9.